The van der Waals surface area contributed by atoms with E-state index in [2.05, 4.69) is 5.32 Å². The fourth-order valence-electron chi connectivity index (χ4n) is 2.37. The lowest BCUT2D eigenvalue weighted by molar-refractivity contribution is 0.275. The summed E-state index contributed by atoms with van der Waals surface area (Å²) in [7, 11) is 0. The lowest BCUT2D eigenvalue weighted by Gasteiger charge is -2.06. The van der Waals surface area contributed by atoms with E-state index in [1.54, 1.807) is 18.4 Å². The molecule has 0 spiro atoms. The average molecular weight is 285 g/mol. The van der Waals surface area contributed by atoms with Crippen LogP contribution in [0.5, 0.6) is 0 Å². The van der Waals surface area contributed by atoms with E-state index < -0.39 is 0 Å². The quantitative estimate of drug-likeness (QED) is 0.755. The van der Waals surface area contributed by atoms with Crippen molar-refractivity contribution in [1.29, 1.82) is 0 Å². The monoisotopic (exact) mass is 285 g/mol. The lowest BCUT2D eigenvalue weighted by atomic mass is 10.1. The third kappa shape index (κ3) is 2.96. The first-order valence-corrected chi connectivity index (χ1v) is 6.82. The van der Waals surface area contributed by atoms with Crippen LogP contribution in [0.3, 0.4) is 0 Å². The van der Waals surface area contributed by atoms with Crippen LogP contribution in [0.2, 0.25) is 0 Å². The summed E-state index contributed by atoms with van der Waals surface area (Å²) in [5.74, 6) is -0.373. The number of nitrogens with one attached hydrogen (secondary N) is 1. The van der Waals surface area contributed by atoms with Crippen molar-refractivity contribution >= 4 is 11.0 Å². The number of furan rings is 1. The lowest BCUT2D eigenvalue weighted by Crippen LogP contribution is -2.12. The molecule has 3 nitrogen and oxygen atoms in total. The van der Waals surface area contributed by atoms with Gasteiger partial charge in [-0.1, -0.05) is 24.3 Å². The largest absolute Gasteiger partial charge is 0.464 e. The first-order chi connectivity index (χ1) is 10.3. The number of hydrogen-bond donors (Lipinski definition) is 2. The molecule has 0 bridgehead atoms. The number of rotatable bonds is 5. The maximum atomic E-state index is 13.3. The van der Waals surface area contributed by atoms with Gasteiger partial charge in [-0.25, -0.2) is 4.39 Å². The van der Waals surface area contributed by atoms with E-state index in [0.29, 0.717) is 18.7 Å². The first-order valence-electron chi connectivity index (χ1n) is 6.82. The van der Waals surface area contributed by atoms with Crippen molar-refractivity contribution in [3.63, 3.8) is 0 Å². The second kappa shape index (κ2) is 6.08. The number of halogens is 1. The summed E-state index contributed by atoms with van der Waals surface area (Å²) in [4.78, 5) is 0. The zero-order valence-corrected chi connectivity index (χ0v) is 11.5. The molecular formula is C17H16FNO2. The molecule has 21 heavy (non-hydrogen) atoms. The van der Waals surface area contributed by atoms with E-state index in [9.17, 15) is 4.39 Å². The molecule has 0 aliphatic carbocycles. The van der Waals surface area contributed by atoms with Crippen LogP contribution in [-0.4, -0.2) is 5.11 Å². The molecule has 2 aromatic carbocycles. The Hall–Kier alpha value is -2.17. The highest BCUT2D eigenvalue weighted by Gasteiger charge is 2.05. The van der Waals surface area contributed by atoms with E-state index >= 15 is 0 Å². The van der Waals surface area contributed by atoms with Crippen LogP contribution in [0, 0.1) is 5.82 Å². The second-order valence-corrected chi connectivity index (χ2v) is 4.94. The number of para-hydroxylation sites is 1. The Labute approximate surface area is 122 Å². The van der Waals surface area contributed by atoms with Gasteiger partial charge in [-0.3, -0.25) is 0 Å². The van der Waals surface area contributed by atoms with Crippen LogP contribution in [-0.2, 0) is 19.7 Å². The predicted molar refractivity (Wildman–Crippen MR) is 79.1 cm³/mol. The molecule has 0 unspecified atom stereocenters. The standard InChI is InChI=1S/C17H16FNO2/c18-16-6-5-12(7-13(16)10-20)8-19-9-14-11-21-17-4-2-1-3-15(14)17/h1-7,11,19-20H,8-10H2. The molecule has 0 radical (unpaired) electrons. The highest BCUT2D eigenvalue weighted by Crippen LogP contribution is 2.20. The van der Waals surface area contributed by atoms with Crippen molar-refractivity contribution in [1.82, 2.24) is 5.32 Å². The first kappa shape index (κ1) is 13.8. The zero-order chi connectivity index (χ0) is 14.7. The Kier molecular flexibility index (Phi) is 3.99. The Morgan fingerprint density at radius 1 is 1.05 bits per heavy atom. The Morgan fingerprint density at radius 2 is 1.90 bits per heavy atom. The van der Waals surface area contributed by atoms with Crippen LogP contribution >= 0.6 is 0 Å². The molecule has 0 saturated carbocycles. The molecule has 3 rings (SSSR count). The van der Waals surface area contributed by atoms with Gasteiger partial charge in [-0.05, 0) is 23.8 Å². The van der Waals surface area contributed by atoms with Gasteiger partial charge < -0.3 is 14.8 Å². The minimum atomic E-state index is -0.373. The highest BCUT2D eigenvalue weighted by molar-refractivity contribution is 5.80. The molecular weight excluding hydrogens is 269 g/mol. The van der Waals surface area contributed by atoms with Crippen LogP contribution in [0.15, 0.2) is 53.1 Å². The average Bonchev–Trinajstić information content (AvgIpc) is 2.92. The molecule has 0 aliphatic rings. The molecule has 1 heterocycles. The molecule has 0 amide bonds. The predicted octanol–water partition coefficient (Wildman–Crippen LogP) is 3.35. The Balaban J connectivity index is 1.66. The second-order valence-electron chi connectivity index (χ2n) is 4.94. The van der Waals surface area contributed by atoms with E-state index in [0.717, 1.165) is 22.1 Å². The summed E-state index contributed by atoms with van der Waals surface area (Å²) >= 11 is 0. The number of hydrogen-bond acceptors (Lipinski definition) is 3. The maximum absolute atomic E-state index is 13.3. The maximum Gasteiger partial charge on any atom is 0.134 e. The van der Waals surface area contributed by atoms with Crippen molar-refractivity contribution in [2.45, 2.75) is 19.7 Å². The highest BCUT2D eigenvalue weighted by atomic mass is 19.1. The summed E-state index contributed by atoms with van der Waals surface area (Å²) in [6.45, 7) is 0.988. The molecule has 2 N–H and O–H groups in total. The van der Waals surface area contributed by atoms with Gasteiger partial charge >= 0.3 is 0 Å². The summed E-state index contributed by atoms with van der Waals surface area (Å²) in [6.07, 6.45) is 1.75. The van der Waals surface area contributed by atoms with Gasteiger partial charge in [0, 0.05) is 29.6 Å². The van der Waals surface area contributed by atoms with E-state index in [1.807, 2.05) is 24.3 Å². The minimum Gasteiger partial charge on any atom is -0.464 e. The summed E-state index contributed by atoms with van der Waals surface area (Å²) in [5.41, 5.74) is 3.23. The number of benzene rings is 2. The van der Waals surface area contributed by atoms with Crippen molar-refractivity contribution in [3.8, 4) is 0 Å². The Bertz CT molecular complexity index is 751. The normalized spacial score (nSPS) is 11.1. The third-order valence-corrected chi connectivity index (χ3v) is 3.49. The van der Waals surface area contributed by atoms with Gasteiger partial charge in [0.1, 0.15) is 11.4 Å². The van der Waals surface area contributed by atoms with Crippen molar-refractivity contribution < 1.29 is 13.9 Å². The van der Waals surface area contributed by atoms with Gasteiger partial charge in [0.05, 0.1) is 12.9 Å². The topological polar surface area (TPSA) is 45.4 Å². The van der Waals surface area contributed by atoms with Gasteiger partial charge in [-0.15, -0.1) is 0 Å². The van der Waals surface area contributed by atoms with Gasteiger partial charge in [0.2, 0.25) is 0 Å². The van der Waals surface area contributed by atoms with Crippen molar-refractivity contribution in [3.05, 3.63) is 71.2 Å². The Morgan fingerprint density at radius 3 is 2.76 bits per heavy atom. The summed E-state index contributed by atoms with van der Waals surface area (Å²) in [6, 6.07) is 12.7. The summed E-state index contributed by atoms with van der Waals surface area (Å²) < 4.78 is 18.8. The number of fused-ring (bicyclic) bond motifs is 1. The van der Waals surface area contributed by atoms with Crippen molar-refractivity contribution in [2.24, 2.45) is 0 Å². The molecule has 3 aromatic rings. The summed E-state index contributed by atoms with van der Waals surface area (Å²) in [5, 5.41) is 13.5. The molecule has 0 saturated heterocycles. The smallest absolute Gasteiger partial charge is 0.134 e. The van der Waals surface area contributed by atoms with Gasteiger partial charge in [0.15, 0.2) is 0 Å². The van der Waals surface area contributed by atoms with E-state index in [-0.39, 0.29) is 12.4 Å². The molecule has 0 fully saturated rings. The van der Waals surface area contributed by atoms with Gasteiger partial charge in [0.25, 0.3) is 0 Å². The fraction of sp³-hybridized carbons (Fsp3) is 0.176. The van der Waals surface area contributed by atoms with Crippen LogP contribution in [0.4, 0.5) is 4.39 Å². The molecule has 108 valence electrons. The fourth-order valence-corrected chi connectivity index (χ4v) is 2.37. The van der Waals surface area contributed by atoms with Crippen molar-refractivity contribution in [2.75, 3.05) is 0 Å². The van der Waals surface area contributed by atoms with Crippen LogP contribution in [0.1, 0.15) is 16.7 Å². The minimum absolute atomic E-state index is 0.286. The van der Waals surface area contributed by atoms with E-state index in [1.165, 1.54) is 6.07 Å². The molecule has 4 heteroatoms. The van der Waals surface area contributed by atoms with E-state index in [4.69, 9.17) is 9.52 Å². The van der Waals surface area contributed by atoms with Crippen LogP contribution in [0.25, 0.3) is 11.0 Å². The number of aliphatic hydroxyl groups is 1. The molecule has 1 aromatic heterocycles. The zero-order valence-electron chi connectivity index (χ0n) is 11.5. The molecule has 0 atom stereocenters. The number of aliphatic hydroxyl groups excluding tert-OH is 1. The molecule has 0 aliphatic heterocycles. The third-order valence-electron chi connectivity index (χ3n) is 3.49. The SMILES string of the molecule is OCc1cc(CNCc2coc3ccccc23)ccc1F. The van der Waals surface area contributed by atoms with Gasteiger partial charge in [-0.2, -0.15) is 0 Å². The van der Waals surface area contributed by atoms with Crippen LogP contribution < -0.4 is 5.32 Å².